The van der Waals surface area contributed by atoms with Crippen molar-refractivity contribution < 1.29 is 25.5 Å². The molecule has 0 spiro atoms. The smallest absolute Gasteiger partial charge is 0.121 e. The molecule has 10 heteroatoms. The molecule has 0 amide bonds. The summed E-state index contributed by atoms with van der Waals surface area (Å²) in [7, 11) is 13.8. The van der Waals surface area contributed by atoms with E-state index in [4.69, 9.17) is 0 Å². The van der Waals surface area contributed by atoms with Gasteiger partial charge in [-0.15, -0.1) is 46.2 Å². The minimum Gasteiger partial charge on any atom is -0.507 e. The van der Waals surface area contributed by atoms with Crippen LogP contribution in [-0.4, -0.2) is 25.5 Å². The van der Waals surface area contributed by atoms with Gasteiger partial charge in [-0.1, -0.05) is 421 Å². The van der Waals surface area contributed by atoms with Crippen LogP contribution >= 0.6 is 46.2 Å². The topological polar surface area (TPSA) is 101 Å². The second-order valence-corrected chi connectivity index (χ2v) is 34.2. The monoisotopic (exact) mass is 2010 g/mol. The highest BCUT2D eigenvalue weighted by atomic mass is 31.0. The minimum atomic E-state index is 0.403. The molecule has 0 fully saturated rings. The molecule has 0 bridgehead atoms. The van der Waals surface area contributed by atoms with Gasteiger partial charge >= 0.3 is 0 Å². The molecule has 0 radical (unpaired) electrons. The van der Waals surface area contributed by atoms with E-state index in [9.17, 15) is 25.5 Å². The zero-order chi connectivity index (χ0) is 108. The van der Waals surface area contributed by atoms with Gasteiger partial charge in [0.05, 0.1) is 0 Å². The summed E-state index contributed by atoms with van der Waals surface area (Å²) < 4.78 is 0. The number of hydrogen-bond donors (Lipinski definition) is 5. The second-order valence-electron chi connectivity index (χ2n) is 32.2. The van der Waals surface area contributed by atoms with E-state index >= 15 is 0 Å². The average Bonchev–Trinajstić information content (AvgIpc) is 0.801. The largest absolute Gasteiger partial charge is 0.507 e. The number of fused-ring (bicyclic) bond motifs is 7. The lowest BCUT2D eigenvalue weighted by Crippen LogP contribution is -1.92. The molecule has 17 aromatic rings. The molecule has 5 N–H and O–H groups in total. The Morgan fingerprint density at radius 3 is 0.587 bits per heavy atom. The van der Waals surface area contributed by atoms with E-state index in [0.717, 1.165) is 112 Å². The van der Waals surface area contributed by atoms with Gasteiger partial charge in [-0.25, -0.2) is 0 Å². The lowest BCUT2D eigenvalue weighted by molar-refractivity contribution is 0.466. The first-order valence-electron chi connectivity index (χ1n) is 52.9. The summed E-state index contributed by atoms with van der Waals surface area (Å²) in [6, 6.07) is 101. The van der Waals surface area contributed by atoms with Crippen molar-refractivity contribution in [2.75, 3.05) is 0 Å². The van der Waals surface area contributed by atoms with Crippen LogP contribution in [-0.2, 0) is 56.5 Å². The van der Waals surface area contributed by atoms with Crippen molar-refractivity contribution in [1.29, 1.82) is 0 Å². The number of aryl methyl sites for hydroxylation is 10. The fourth-order valence-electron chi connectivity index (χ4n) is 16.3. The summed E-state index contributed by atoms with van der Waals surface area (Å²) in [5, 5.41) is 64.7. The van der Waals surface area contributed by atoms with Crippen molar-refractivity contribution in [2.24, 2.45) is 0 Å². The predicted molar refractivity (Wildman–Crippen MR) is 664 cm³/mol. The molecule has 5 atom stereocenters. The molecule has 768 valence electrons. The Bertz CT molecular complexity index is 6390. The van der Waals surface area contributed by atoms with Crippen LogP contribution in [0.5, 0.6) is 28.7 Å². The third-order valence-corrected chi connectivity index (χ3v) is 25.2. The van der Waals surface area contributed by atoms with Gasteiger partial charge in [0, 0.05) is 0 Å². The highest BCUT2D eigenvalue weighted by Gasteiger charge is 2.14. The van der Waals surface area contributed by atoms with Crippen molar-refractivity contribution in [2.45, 2.75) is 292 Å². The SMILES string of the molecule is CC.CC.CC.CC.CC.CC.CC.CC.CC.CC.CC.CC.Cc1cc(CP)cc(C)c1O.Cc1cc(Cc2ccc(-c3ccc4cc(CP)ccc4c3)cc2)cc(C)c1O.Cc1cc(Cc2ccc3c(ccc4cc(CP)ccc43)c2)cc(C)c1O.Cc1cc(Cc2ccc3cc(-c4ccc(CP)cc4)ccc3c2)cc(C)c1O.Cc1cc(Cc2ccc3cc4cc(CP)ccc4cc3c2)cc(C)c1O. The summed E-state index contributed by atoms with van der Waals surface area (Å²) >= 11 is 0. The zero-order valence-corrected chi connectivity index (χ0v) is 99.8. The normalized spacial score (nSPS) is 9.76. The molecule has 0 aliphatic heterocycles. The molecular weight excluding hydrogens is 1830 g/mol. The Balaban J connectivity index is 0.000000860. The molecule has 5 unspecified atom stereocenters. The van der Waals surface area contributed by atoms with Gasteiger partial charge < -0.3 is 25.5 Å². The third kappa shape index (κ3) is 39.4. The zero-order valence-electron chi connectivity index (χ0n) is 94.0. The van der Waals surface area contributed by atoms with E-state index in [-0.39, 0.29) is 0 Å². The van der Waals surface area contributed by atoms with Crippen LogP contribution in [0.1, 0.15) is 294 Å². The summed E-state index contributed by atoms with van der Waals surface area (Å²) in [5.41, 5.74) is 31.1. The summed E-state index contributed by atoms with van der Waals surface area (Å²) in [6.07, 6.45) is 8.39. The Morgan fingerprint density at radius 1 is 0.140 bits per heavy atom. The van der Waals surface area contributed by atoms with Gasteiger partial charge in [0.2, 0.25) is 0 Å². The number of phenolic OH excluding ortho intramolecular Hbond substituents is 5. The third-order valence-electron chi connectivity index (χ3n) is 22.8. The molecule has 0 aromatic heterocycles. The average molecular weight is 2010 g/mol. The van der Waals surface area contributed by atoms with Gasteiger partial charge in [0.25, 0.3) is 0 Å². The van der Waals surface area contributed by atoms with Crippen LogP contribution in [0.25, 0.3) is 86.9 Å². The van der Waals surface area contributed by atoms with E-state index in [2.05, 4.69) is 313 Å². The summed E-state index contributed by atoms with van der Waals surface area (Å²) in [5.74, 6) is 2.04. The van der Waals surface area contributed by atoms with Crippen molar-refractivity contribution >= 4 is 111 Å². The van der Waals surface area contributed by atoms with E-state index < -0.39 is 0 Å². The summed E-state index contributed by atoms with van der Waals surface area (Å²) in [6.45, 7) is 67.5. The number of benzene rings is 17. The van der Waals surface area contributed by atoms with Gasteiger partial charge in [-0.3, -0.25) is 0 Å². The van der Waals surface area contributed by atoms with Crippen molar-refractivity contribution in [1.82, 2.24) is 0 Å². The van der Waals surface area contributed by atoms with Crippen LogP contribution < -0.4 is 0 Å². The van der Waals surface area contributed by atoms with Crippen LogP contribution in [0, 0.1) is 69.2 Å². The molecule has 5 nitrogen and oxygen atoms in total. The van der Waals surface area contributed by atoms with Crippen LogP contribution in [0.3, 0.4) is 0 Å². The molecule has 0 heterocycles. The maximum Gasteiger partial charge on any atom is 0.121 e. The van der Waals surface area contributed by atoms with Crippen molar-refractivity contribution in [3.8, 4) is 51.0 Å². The van der Waals surface area contributed by atoms with Crippen LogP contribution in [0.4, 0.5) is 0 Å². The molecule has 0 saturated carbocycles. The fourth-order valence-corrected chi connectivity index (χ4v) is 17.5. The Kier molecular flexibility index (Phi) is 65.5. The lowest BCUT2D eigenvalue weighted by atomic mass is 9.95. The Hall–Kier alpha value is -10.6. The van der Waals surface area contributed by atoms with E-state index in [1.54, 1.807) is 0 Å². The molecule has 17 rings (SSSR count). The maximum atomic E-state index is 9.99. The van der Waals surface area contributed by atoms with Gasteiger partial charge in [0.15, 0.2) is 0 Å². The van der Waals surface area contributed by atoms with E-state index in [0.29, 0.717) is 28.7 Å². The molecule has 0 aliphatic carbocycles. The van der Waals surface area contributed by atoms with Crippen molar-refractivity contribution in [3.63, 3.8) is 0 Å². The quantitative estimate of drug-likeness (QED) is 0.0400. The first-order valence-corrected chi connectivity index (χ1v) is 57.0. The maximum absolute atomic E-state index is 9.99. The molecule has 0 aliphatic rings. The highest BCUT2D eigenvalue weighted by molar-refractivity contribution is 7.16. The van der Waals surface area contributed by atoms with Crippen LogP contribution in [0.2, 0.25) is 0 Å². The number of rotatable bonds is 15. The standard InChI is InChI=1S/2C26H25OP.2C24H23OP.C9H13OP.12C2H6/c1-17-11-21(12-18(2)26(17)27)13-20-5-8-25-15-24(10-9-23(25)14-20)22-6-3-19(16-28)4-7-22;1-17-11-21(12-18(2)26(17)27)13-19-3-6-22(7-4-19)24-10-9-23-14-20(16-28)5-8-25(23)15-24;1-15-9-19(10-16(2)24(15)25)11-17-3-7-22-20(12-17)5-6-21-13-18(14-26)4-8-23(21)22;1-15-7-19(8-16(2)24(15)25)9-17-3-5-20-13-23-11-18(14-26)4-6-21(23)12-22(20)10-17;1-6-3-8(5-11)4-7(2)9(6)10;12*1-2/h2*3-12,14-15,27H,13,16,28H2,1-2H3;3-10,12-13,25H,11,14,26H2,1-2H3;3-8,10-13,25H,9,14,26H2,1-2H3;3-4,10H,5,11H2,1-2H3;12*1-2H3. The van der Waals surface area contributed by atoms with E-state index in [1.165, 1.54) is 159 Å². The molecule has 17 aromatic carbocycles. The highest BCUT2D eigenvalue weighted by Crippen LogP contribution is 2.36. The van der Waals surface area contributed by atoms with Crippen molar-refractivity contribution in [3.05, 3.63) is 407 Å². The number of aromatic hydroxyl groups is 5. The fraction of sp³-hybridized carbons (Fsp3) is 0.323. The number of hydrogen-bond acceptors (Lipinski definition) is 5. The molecular formula is C133H181O5P5. The van der Waals surface area contributed by atoms with Gasteiger partial charge in [-0.2, -0.15) is 0 Å². The minimum absolute atomic E-state index is 0.403. The Labute approximate surface area is 879 Å². The molecule has 0 saturated heterocycles. The molecule has 143 heavy (non-hydrogen) atoms. The van der Waals surface area contributed by atoms with Gasteiger partial charge in [0.1, 0.15) is 28.7 Å². The van der Waals surface area contributed by atoms with Crippen LogP contribution in [0.15, 0.2) is 279 Å². The Morgan fingerprint density at radius 2 is 0.308 bits per heavy atom. The lowest BCUT2D eigenvalue weighted by Gasteiger charge is -2.10. The first kappa shape index (κ1) is 130. The van der Waals surface area contributed by atoms with E-state index in [1.807, 2.05) is 248 Å². The second kappa shape index (κ2) is 71.8. The van der Waals surface area contributed by atoms with Gasteiger partial charge in [-0.05, 0) is 365 Å². The first-order chi connectivity index (χ1) is 69.3. The predicted octanol–water partition coefficient (Wildman–Crippen LogP) is 40.9. The number of phenols is 5. The summed E-state index contributed by atoms with van der Waals surface area (Å²) in [4.78, 5) is 0.